The lowest BCUT2D eigenvalue weighted by Gasteiger charge is -2.11. The number of para-hydroxylation sites is 1. The fourth-order valence-corrected chi connectivity index (χ4v) is 2.62. The van der Waals surface area contributed by atoms with Crippen LogP contribution >= 0.6 is 0 Å². The molecule has 0 aliphatic rings. The molecule has 1 amide bonds. The molecule has 0 fully saturated rings. The van der Waals surface area contributed by atoms with Crippen LogP contribution in [0, 0.1) is 11.3 Å². The maximum absolute atomic E-state index is 12.5. The van der Waals surface area contributed by atoms with Crippen LogP contribution < -0.4 is 10.6 Å². The summed E-state index contributed by atoms with van der Waals surface area (Å²) >= 11 is 0. The Bertz CT molecular complexity index is 941. The summed E-state index contributed by atoms with van der Waals surface area (Å²) in [5.41, 5.74) is 2.39. The molecule has 0 bridgehead atoms. The number of hydrogen-bond donors (Lipinski definition) is 2. The Hall–Kier alpha value is -3.59. The fraction of sp³-hybridized carbons (Fsp3) is 0.292. The number of rotatable bonds is 9. The van der Waals surface area contributed by atoms with E-state index in [4.69, 9.17) is 4.74 Å². The van der Waals surface area contributed by atoms with Gasteiger partial charge in [0, 0.05) is 11.9 Å². The Labute approximate surface area is 177 Å². The molecule has 2 aromatic rings. The van der Waals surface area contributed by atoms with E-state index < -0.39 is 11.9 Å². The van der Waals surface area contributed by atoms with Crippen molar-refractivity contribution in [3.63, 3.8) is 0 Å². The minimum absolute atomic E-state index is 0.114. The van der Waals surface area contributed by atoms with E-state index in [1.807, 2.05) is 37.3 Å². The van der Waals surface area contributed by atoms with Crippen LogP contribution in [0.25, 0.3) is 0 Å². The Kier molecular flexibility index (Phi) is 8.64. The van der Waals surface area contributed by atoms with Gasteiger partial charge in [-0.15, -0.1) is 0 Å². The van der Waals surface area contributed by atoms with Crippen LogP contribution in [0.4, 0.5) is 11.4 Å². The van der Waals surface area contributed by atoms with Crippen LogP contribution in [0.5, 0.6) is 0 Å². The number of hydrogen-bond acceptors (Lipinski definition) is 5. The summed E-state index contributed by atoms with van der Waals surface area (Å²) in [6.45, 7) is 6.54. The van der Waals surface area contributed by atoms with E-state index in [2.05, 4.69) is 24.5 Å². The second kappa shape index (κ2) is 11.4. The molecule has 0 atom stereocenters. The van der Waals surface area contributed by atoms with E-state index in [0.29, 0.717) is 18.2 Å². The van der Waals surface area contributed by atoms with Gasteiger partial charge in [0.05, 0.1) is 17.9 Å². The molecular weight excluding hydrogens is 378 g/mol. The number of benzene rings is 2. The zero-order chi connectivity index (χ0) is 21.9. The van der Waals surface area contributed by atoms with E-state index in [1.54, 1.807) is 24.3 Å². The number of nitrogens with one attached hydrogen (secondary N) is 2. The predicted octanol–water partition coefficient (Wildman–Crippen LogP) is 5.22. The smallest absolute Gasteiger partial charge is 0.340 e. The molecule has 6 heteroatoms. The number of nitrogens with zero attached hydrogens (tertiary/aromatic N) is 1. The topological polar surface area (TPSA) is 91.2 Å². The highest BCUT2D eigenvalue weighted by Crippen LogP contribution is 2.19. The van der Waals surface area contributed by atoms with Gasteiger partial charge in [-0.2, -0.15) is 5.26 Å². The molecule has 0 aromatic heterocycles. The van der Waals surface area contributed by atoms with Crippen LogP contribution in [0.15, 0.2) is 60.3 Å². The number of amides is 1. The molecule has 156 valence electrons. The molecule has 0 saturated carbocycles. The third-order valence-electron chi connectivity index (χ3n) is 4.45. The predicted molar refractivity (Wildman–Crippen MR) is 118 cm³/mol. The summed E-state index contributed by atoms with van der Waals surface area (Å²) in [4.78, 5) is 24.8. The Balaban J connectivity index is 2.09. The van der Waals surface area contributed by atoms with Gasteiger partial charge in [-0.1, -0.05) is 51.5 Å². The third kappa shape index (κ3) is 6.49. The SMILES string of the molecule is CCCCOC(=O)c1ccccc1NC(=O)/C(C#N)=C\Nc1ccc(C(C)C)cc1. The van der Waals surface area contributed by atoms with Gasteiger partial charge in [0.15, 0.2) is 0 Å². The minimum Gasteiger partial charge on any atom is -0.462 e. The first-order chi connectivity index (χ1) is 14.5. The molecule has 0 aliphatic heterocycles. The van der Waals surface area contributed by atoms with Gasteiger partial charge in [0.2, 0.25) is 0 Å². The van der Waals surface area contributed by atoms with Crippen LogP contribution in [-0.2, 0) is 9.53 Å². The van der Waals surface area contributed by atoms with Crippen molar-refractivity contribution in [1.29, 1.82) is 5.26 Å². The van der Waals surface area contributed by atoms with Crippen LogP contribution in [0.1, 0.15) is 55.5 Å². The molecule has 0 spiro atoms. The monoisotopic (exact) mass is 405 g/mol. The lowest BCUT2D eigenvalue weighted by atomic mass is 10.0. The highest BCUT2D eigenvalue weighted by Gasteiger charge is 2.16. The summed E-state index contributed by atoms with van der Waals surface area (Å²) in [5, 5.41) is 15.0. The quantitative estimate of drug-likeness (QED) is 0.258. The van der Waals surface area contributed by atoms with Crippen LogP contribution in [-0.4, -0.2) is 18.5 Å². The van der Waals surface area contributed by atoms with Gasteiger partial charge in [-0.3, -0.25) is 4.79 Å². The van der Waals surface area contributed by atoms with Gasteiger partial charge in [-0.25, -0.2) is 4.79 Å². The normalized spacial score (nSPS) is 11.0. The van der Waals surface area contributed by atoms with E-state index in [9.17, 15) is 14.9 Å². The lowest BCUT2D eigenvalue weighted by Crippen LogP contribution is -2.18. The summed E-state index contributed by atoms with van der Waals surface area (Å²) in [6, 6.07) is 16.2. The standard InChI is InChI=1S/C24H27N3O3/c1-4-5-14-30-24(29)21-8-6-7-9-22(21)27-23(28)19(15-25)16-26-20-12-10-18(11-13-20)17(2)3/h6-13,16-17,26H,4-5,14H2,1-3H3,(H,27,28)/b19-16-. The molecule has 0 saturated heterocycles. The average molecular weight is 405 g/mol. The largest absolute Gasteiger partial charge is 0.462 e. The van der Waals surface area contributed by atoms with Gasteiger partial charge in [0.1, 0.15) is 11.6 Å². The molecule has 2 aromatic carbocycles. The molecule has 0 radical (unpaired) electrons. The highest BCUT2D eigenvalue weighted by atomic mass is 16.5. The first-order valence-electron chi connectivity index (χ1n) is 10.0. The maximum Gasteiger partial charge on any atom is 0.340 e. The lowest BCUT2D eigenvalue weighted by molar-refractivity contribution is -0.112. The summed E-state index contributed by atoms with van der Waals surface area (Å²) in [6.07, 6.45) is 3.03. The molecule has 6 nitrogen and oxygen atoms in total. The molecule has 0 heterocycles. The maximum atomic E-state index is 12.5. The number of nitriles is 1. The molecule has 2 rings (SSSR count). The van der Waals surface area contributed by atoms with Crippen molar-refractivity contribution in [3.05, 3.63) is 71.4 Å². The van der Waals surface area contributed by atoms with Crippen LogP contribution in [0.3, 0.4) is 0 Å². The van der Waals surface area contributed by atoms with E-state index >= 15 is 0 Å². The van der Waals surface area contributed by atoms with Gasteiger partial charge in [0.25, 0.3) is 5.91 Å². The number of anilines is 2. The van der Waals surface area contributed by atoms with Crippen LogP contribution in [0.2, 0.25) is 0 Å². The minimum atomic E-state index is -0.613. The van der Waals surface area contributed by atoms with E-state index in [-0.39, 0.29) is 11.1 Å². The Morgan fingerprint density at radius 2 is 1.83 bits per heavy atom. The Morgan fingerprint density at radius 3 is 2.47 bits per heavy atom. The first kappa shape index (κ1) is 22.7. The van der Waals surface area contributed by atoms with Crippen molar-refractivity contribution < 1.29 is 14.3 Å². The van der Waals surface area contributed by atoms with E-state index in [0.717, 1.165) is 18.5 Å². The highest BCUT2D eigenvalue weighted by molar-refractivity contribution is 6.09. The van der Waals surface area contributed by atoms with Crippen molar-refractivity contribution in [2.24, 2.45) is 0 Å². The number of carbonyl (C=O) groups excluding carboxylic acids is 2. The van der Waals surface area contributed by atoms with Gasteiger partial charge in [-0.05, 0) is 42.2 Å². The Morgan fingerprint density at radius 1 is 1.13 bits per heavy atom. The van der Waals surface area contributed by atoms with Crippen molar-refractivity contribution >= 4 is 23.3 Å². The van der Waals surface area contributed by atoms with Crippen molar-refractivity contribution in [3.8, 4) is 6.07 Å². The molecule has 0 aliphatic carbocycles. The number of ether oxygens (including phenoxy) is 1. The second-order valence-corrected chi connectivity index (χ2v) is 7.08. The summed E-state index contributed by atoms with van der Waals surface area (Å²) in [5.74, 6) is -0.702. The van der Waals surface area contributed by atoms with Crippen molar-refractivity contribution in [2.45, 2.75) is 39.5 Å². The molecule has 0 unspecified atom stereocenters. The summed E-state index contributed by atoms with van der Waals surface area (Å²) < 4.78 is 5.23. The number of carbonyl (C=O) groups is 2. The molecular formula is C24H27N3O3. The zero-order valence-electron chi connectivity index (χ0n) is 17.6. The number of esters is 1. The molecule has 2 N–H and O–H groups in total. The zero-order valence-corrected chi connectivity index (χ0v) is 17.6. The summed E-state index contributed by atoms with van der Waals surface area (Å²) in [7, 11) is 0. The second-order valence-electron chi connectivity index (χ2n) is 7.08. The average Bonchev–Trinajstić information content (AvgIpc) is 2.75. The van der Waals surface area contributed by atoms with Gasteiger partial charge >= 0.3 is 5.97 Å². The van der Waals surface area contributed by atoms with Gasteiger partial charge < -0.3 is 15.4 Å². The molecule has 30 heavy (non-hydrogen) atoms. The number of unbranched alkanes of at least 4 members (excludes halogenated alkanes) is 1. The van der Waals surface area contributed by atoms with Crippen molar-refractivity contribution in [1.82, 2.24) is 0 Å². The third-order valence-corrected chi connectivity index (χ3v) is 4.45. The van der Waals surface area contributed by atoms with Crippen molar-refractivity contribution in [2.75, 3.05) is 17.2 Å². The first-order valence-corrected chi connectivity index (χ1v) is 10.0. The fourth-order valence-electron chi connectivity index (χ4n) is 2.62. The van der Waals surface area contributed by atoms with E-state index in [1.165, 1.54) is 11.8 Å².